The number of furan rings is 1. The van der Waals surface area contributed by atoms with Crippen molar-refractivity contribution in [1.82, 2.24) is 14.9 Å². The topological polar surface area (TPSA) is 68.8 Å². The highest BCUT2D eigenvalue weighted by molar-refractivity contribution is 5.54. The minimum atomic E-state index is 0.486. The number of imidazole rings is 1. The van der Waals surface area contributed by atoms with Crippen LogP contribution in [0.15, 0.2) is 59.3 Å². The molecule has 0 aliphatic carbocycles. The number of nitrogens with one attached hydrogen (secondary N) is 1. The molecule has 2 aromatic heterocycles. The highest BCUT2D eigenvalue weighted by Crippen LogP contribution is 2.16. The van der Waals surface area contributed by atoms with Crippen LogP contribution in [-0.4, -0.2) is 21.4 Å². The average molecular weight is 306 g/mol. The van der Waals surface area contributed by atoms with E-state index >= 15 is 0 Å². The van der Waals surface area contributed by atoms with E-state index in [1.165, 1.54) is 0 Å². The molecule has 5 nitrogen and oxygen atoms in total. The summed E-state index contributed by atoms with van der Waals surface area (Å²) in [6.07, 6.45) is 4.01. The number of hydrogen-bond donors (Lipinski definition) is 1. The number of H-pyrrole nitrogens is 1. The van der Waals surface area contributed by atoms with Crippen molar-refractivity contribution in [1.29, 1.82) is 5.26 Å². The van der Waals surface area contributed by atoms with Crippen LogP contribution in [0, 0.1) is 11.3 Å². The molecule has 0 aliphatic heterocycles. The average Bonchev–Trinajstić information content (AvgIpc) is 3.25. The second-order valence-electron chi connectivity index (χ2n) is 5.32. The highest BCUT2D eigenvalue weighted by Gasteiger charge is 2.11. The maximum atomic E-state index is 8.84. The molecule has 0 aliphatic rings. The summed E-state index contributed by atoms with van der Waals surface area (Å²) in [5.41, 5.74) is 2.08. The third-order valence-electron chi connectivity index (χ3n) is 3.57. The van der Waals surface area contributed by atoms with Gasteiger partial charge in [0.2, 0.25) is 0 Å². The Balaban J connectivity index is 1.70. The molecule has 0 atom stereocenters. The fourth-order valence-corrected chi connectivity index (χ4v) is 2.47. The molecule has 0 saturated heterocycles. The predicted molar refractivity (Wildman–Crippen MR) is 87.1 cm³/mol. The van der Waals surface area contributed by atoms with Gasteiger partial charge in [0.25, 0.3) is 0 Å². The Bertz CT molecular complexity index is 756. The maximum Gasteiger partial charge on any atom is 0.137 e. The molecule has 3 aromatic rings. The van der Waals surface area contributed by atoms with Gasteiger partial charge in [-0.3, -0.25) is 4.90 Å². The van der Waals surface area contributed by atoms with E-state index in [9.17, 15) is 0 Å². The normalized spacial score (nSPS) is 10.8. The van der Waals surface area contributed by atoms with Gasteiger partial charge in [-0.2, -0.15) is 5.26 Å². The number of benzene rings is 1. The van der Waals surface area contributed by atoms with E-state index in [-0.39, 0.29) is 0 Å². The van der Waals surface area contributed by atoms with Crippen molar-refractivity contribution < 1.29 is 4.42 Å². The molecule has 0 bridgehead atoms. The third-order valence-corrected chi connectivity index (χ3v) is 3.57. The smallest absolute Gasteiger partial charge is 0.137 e. The summed E-state index contributed by atoms with van der Waals surface area (Å²) in [4.78, 5) is 9.97. The van der Waals surface area contributed by atoms with Crippen molar-refractivity contribution in [2.75, 3.05) is 6.54 Å². The van der Waals surface area contributed by atoms with E-state index in [0.29, 0.717) is 26.1 Å². The van der Waals surface area contributed by atoms with Crippen LogP contribution < -0.4 is 0 Å². The summed E-state index contributed by atoms with van der Waals surface area (Å²) in [5.74, 6) is 1.75. The molecule has 0 unspecified atom stereocenters. The predicted octanol–water partition coefficient (Wildman–Crippen LogP) is 3.59. The molecule has 1 aromatic carbocycles. The summed E-state index contributed by atoms with van der Waals surface area (Å²) in [5, 5.41) is 8.84. The molecule has 0 radical (unpaired) electrons. The van der Waals surface area contributed by atoms with Gasteiger partial charge in [0.1, 0.15) is 11.6 Å². The summed E-state index contributed by atoms with van der Waals surface area (Å²) in [6.45, 7) is 2.06. The molecule has 1 N–H and O–H groups in total. The Morgan fingerprint density at radius 2 is 2.00 bits per heavy atom. The zero-order valence-electron chi connectivity index (χ0n) is 12.8. The van der Waals surface area contributed by atoms with E-state index in [1.807, 2.05) is 48.7 Å². The Morgan fingerprint density at radius 1 is 1.13 bits per heavy atom. The van der Waals surface area contributed by atoms with Gasteiger partial charge >= 0.3 is 0 Å². The third kappa shape index (κ3) is 4.09. The first-order valence-electron chi connectivity index (χ1n) is 7.56. The summed E-state index contributed by atoms with van der Waals surface area (Å²) in [6, 6.07) is 16.0. The number of nitrogens with zero attached hydrogens (tertiary/aromatic N) is 3. The molecular weight excluding hydrogens is 288 g/mol. The minimum Gasteiger partial charge on any atom is -0.468 e. The van der Waals surface area contributed by atoms with Crippen molar-refractivity contribution in [2.24, 2.45) is 0 Å². The molecule has 0 saturated carbocycles. The number of hydrogen-bond acceptors (Lipinski definition) is 4. The van der Waals surface area contributed by atoms with Crippen molar-refractivity contribution in [2.45, 2.75) is 19.5 Å². The lowest BCUT2D eigenvalue weighted by Gasteiger charge is -2.18. The second kappa shape index (κ2) is 7.43. The van der Waals surface area contributed by atoms with Crippen LogP contribution in [-0.2, 0) is 13.1 Å². The Kier molecular flexibility index (Phi) is 4.87. The van der Waals surface area contributed by atoms with Crippen LogP contribution in [0.25, 0.3) is 11.4 Å². The fraction of sp³-hybridized carbons (Fsp3) is 0.222. The van der Waals surface area contributed by atoms with E-state index in [1.54, 1.807) is 6.26 Å². The van der Waals surface area contributed by atoms with E-state index in [4.69, 9.17) is 9.68 Å². The lowest BCUT2D eigenvalue weighted by atomic mass is 10.2. The van der Waals surface area contributed by atoms with Crippen molar-refractivity contribution in [3.63, 3.8) is 0 Å². The van der Waals surface area contributed by atoms with Crippen LogP contribution in [0.3, 0.4) is 0 Å². The van der Waals surface area contributed by atoms with Gasteiger partial charge in [-0.25, -0.2) is 4.98 Å². The maximum absolute atomic E-state index is 8.84. The van der Waals surface area contributed by atoms with Crippen LogP contribution in [0.1, 0.15) is 17.9 Å². The molecule has 0 amide bonds. The largest absolute Gasteiger partial charge is 0.468 e. The fourth-order valence-electron chi connectivity index (χ4n) is 2.47. The number of nitriles is 1. The van der Waals surface area contributed by atoms with Gasteiger partial charge in [0.15, 0.2) is 0 Å². The van der Waals surface area contributed by atoms with E-state index < -0.39 is 0 Å². The monoisotopic (exact) mass is 306 g/mol. The summed E-state index contributed by atoms with van der Waals surface area (Å²) in [7, 11) is 0. The second-order valence-corrected chi connectivity index (χ2v) is 5.32. The first-order chi connectivity index (χ1) is 11.3. The van der Waals surface area contributed by atoms with Gasteiger partial charge in [-0.15, -0.1) is 0 Å². The number of rotatable bonds is 7. The van der Waals surface area contributed by atoms with Crippen molar-refractivity contribution in [3.8, 4) is 17.5 Å². The highest BCUT2D eigenvalue weighted by atomic mass is 16.3. The standard InChI is InChI=1S/C18H18N4O/c19-9-5-10-22(14-17-8-4-11-23-17)13-16-12-20-18(21-16)15-6-2-1-3-7-15/h1-4,6-8,11-12H,5,10,13-14H2,(H,20,21). The van der Waals surface area contributed by atoms with Gasteiger partial charge in [-0.1, -0.05) is 30.3 Å². The van der Waals surface area contributed by atoms with Crippen LogP contribution in [0.5, 0.6) is 0 Å². The molecular formula is C18H18N4O. The SMILES string of the molecule is N#CCCN(Cc1cnc(-c2ccccc2)[nH]1)Cc1ccco1. The molecule has 0 fully saturated rings. The van der Waals surface area contributed by atoms with Gasteiger partial charge < -0.3 is 9.40 Å². The Labute approximate surface area is 135 Å². The van der Waals surface area contributed by atoms with Crippen molar-refractivity contribution >= 4 is 0 Å². The van der Waals surface area contributed by atoms with Crippen LogP contribution in [0.4, 0.5) is 0 Å². The lowest BCUT2D eigenvalue weighted by molar-refractivity contribution is 0.238. The summed E-state index contributed by atoms with van der Waals surface area (Å²) >= 11 is 0. The van der Waals surface area contributed by atoms with Gasteiger partial charge in [0.05, 0.1) is 18.9 Å². The van der Waals surface area contributed by atoms with Crippen LogP contribution in [0.2, 0.25) is 0 Å². The van der Waals surface area contributed by atoms with Crippen LogP contribution >= 0.6 is 0 Å². The van der Waals surface area contributed by atoms with Gasteiger partial charge in [-0.05, 0) is 12.1 Å². The molecule has 116 valence electrons. The molecule has 23 heavy (non-hydrogen) atoms. The summed E-state index contributed by atoms with van der Waals surface area (Å²) < 4.78 is 5.41. The molecule has 5 heteroatoms. The molecule has 2 heterocycles. The Hall–Kier alpha value is -2.84. The first-order valence-corrected chi connectivity index (χ1v) is 7.56. The number of aromatic nitrogens is 2. The van der Waals surface area contributed by atoms with Gasteiger partial charge in [0, 0.05) is 37.0 Å². The molecule has 0 spiro atoms. The quantitative estimate of drug-likeness (QED) is 0.724. The zero-order chi connectivity index (χ0) is 15.9. The van der Waals surface area contributed by atoms with Crippen molar-refractivity contribution in [3.05, 3.63) is 66.4 Å². The Morgan fingerprint density at radius 3 is 2.74 bits per heavy atom. The lowest BCUT2D eigenvalue weighted by Crippen LogP contribution is -2.23. The minimum absolute atomic E-state index is 0.486. The molecule has 3 rings (SSSR count). The number of aromatic amines is 1. The van der Waals surface area contributed by atoms with E-state index in [2.05, 4.69) is 20.9 Å². The first kappa shape index (κ1) is 15.1. The zero-order valence-corrected chi connectivity index (χ0v) is 12.8. The van der Waals surface area contributed by atoms with E-state index in [0.717, 1.165) is 22.8 Å².